The second-order valence-corrected chi connectivity index (χ2v) is 9.17. The normalized spacial score (nSPS) is 10.3. The summed E-state index contributed by atoms with van der Waals surface area (Å²) in [4.78, 5) is 4.52. The molecule has 0 amide bonds. The second-order valence-electron chi connectivity index (χ2n) is 9.17. The van der Waals surface area contributed by atoms with Crippen molar-refractivity contribution in [2.75, 3.05) is 5.32 Å². The first-order chi connectivity index (χ1) is 18.6. The topological polar surface area (TPSA) is 34.1 Å². The third kappa shape index (κ3) is 9.17. The van der Waals surface area contributed by atoms with Crippen LogP contribution in [-0.2, 0) is 30.8 Å². The number of hydrogen-bond acceptors (Lipinski definition) is 3. The fourth-order valence-corrected chi connectivity index (χ4v) is 4.11. The molecule has 0 bridgehead atoms. The van der Waals surface area contributed by atoms with Crippen LogP contribution in [0, 0.1) is 0 Å². The summed E-state index contributed by atoms with van der Waals surface area (Å²) in [5, 5.41) is 3.37. The van der Waals surface area contributed by atoms with E-state index in [1.165, 1.54) is 16.7 Å². The fourth-order valence-electron chi connectivity index (χ4n) is 4.11. The Kier molecular flexibility index (Phi) is 11.5. The van der Waals surface area contributed by atoms with Gasteiger partial charge in [0.15, 0.2) is 0 Å². The van der Waals surface area contributed by atoms with E-state index in [9.17, 15) is 0 Å². The van der Waals surface area contributed by atoms with E-state index in [0.29, 0.717) is 13.2 Å². The molecule has 0 saturated heterocycles. The van der Waals surface area contributed by atoms with Gasteiger partial charge in [0, 0.05) is 11.9 Å². The lowest BCUT2D eigenvalue weighted by Crippen LogP contribution is -2.03. The minimum atomic E-state index is 0.549. The molecule has 0 unspecified atom stereocenters. The summed E-state index contributed by atoms with van der Waals surface area (Å²) < 4.78 is 6.05. The van der Waals surface area contributed by atoms with Crippen molar-refractivity contribution in [3.8, 4) is 0 Å². The van der Waals surface area contributed by atoms with Crippen LogP contribution in [0.1, 0.15) is 60.6 Å². The predicted octanol–water partition coefficient (Wildman–Crippen LogP) is 9.12. The van der Waals surface area contributed by atoms with Crippen molar-refractivity contribution in [2.45, 2.75) is 53.2 Å². The van der Waals surface area contributed by atoms with Crippen molar-refractivity contribution in [3.05, 3.63) is 144 Å². The molecule has 0 fully saturated rings. The standard InChI is InChI=1S/C33H34N2O.C2H6/c1-25(2)31-17-18-33(34-22-31)35-26(3)32-20-29(16-10-15-27-11-6-4-7-12-27)19-30(21-32)24-36-23-28-13-8-5-9-14-28;1-2/h4-9,11-14,17-22H,1,3,10,15-16,23-24H2,2H3,(H,34,35);1-2H3. The van der Waals surface area contributed by atoms with Crippen LogP contribution in [0.15, 0.2) is 110 Å². The zero-order chi connectivity index (χ0) is 27.2. The van der Waals surface area contributed by atoms with Gasteiger partial charge in [0.05, 0.1) is 13.2 Å². The molecule has 196 valence electrons. The van der Waals surface area contributed by atoms with Gasteiger partial charge in [-0.1, -0.05) is 93.7 Å². The first-order valence-electron chi connectivity index (χ1n) is 13.4. The molecule has 0 saturated carbocycles. The van der Waals surface area contributed by atoms with Crippen molar-refractivity contribution in [2.24, 2.45) is 0 Å². The number of nitrogens with one attached hydrogen (secondary N) is 1. The van der Waals surface area contributed by atoms with E-state index in [4.69, 9.17) is 4.74 Å². The van der Waals surface area contributed by atoms with Crippen molar-refractivity contribution >= 4 is 17.1 Å². The van der Waals surface area contributed by atoms with Crippen LogP contribution in [0.2, 0.25) is 0 Å². The Hall–Kier alpha value is -3.95. The number of ether oxygens (including phenoxy) is 1. The molecule has 1 aromatic heterocycles. The van der Waals surface area contributed by atoms with E-state index < -0.39 is 0 Å². The van der Waals surface area contributed by atoms with Gasteiger partial charge in [0.25, 0.3) is 0 Å². The third-order valence-electron chi connectivity index (χ3n) is 6.09. The molecule has 0 aliphatic rings. The Morgan fingerprint density at radius 2 is 1.32 bits per heavy atom. The van der Waals surface area contributed by atoms with Crippen LogP contribution < -0.4 is 5.32 Å². The van der Waals surface area contributed by atoms with E-state index in [0.717, 1.165) is 53.0 Å². The molecule has 38 heavy (non-hydrogen) atoms. The molecule has 4 rings (SSSR count). The average molecular weight is 505 g/mol. The molecule has 0 spiro atoms. The molecule has 3 aromatic carbocycles. The summed E-state index contributed by atoms with van der Waals surface area (Å²) in [6.07, 6.45) is 4.97. The van der Waals surface area contributed by atoms with Crippen LogP contribution in [0.5, 0.6) is 0 Å². The molecular formula is C35H40N2O. The molecule has 0 atom stereocenters. The molecule has 1 N–H and O–H groups in total. The van der Waals surface area contributed by atoms with Crippen molar-refractivity contribution in [3.63, 3.8) is 0 Å². The Labute approximate surface area is 228 Å². The van der Waals surface area contributed by atoms with Gasteiger partial charge in [-0.15, -0.1) is 0 Å². The highest BCUT2D eigenvalue weighted by atomic mass is 16.5. The van der Waals surface area contributed by atoms with Gasteiger partial charge in [-0.25, -0.2) is 4.98 Å². The summed E-state index contributed by atoms with van der Waals surface area (Å²) in [5.41, 5.74) is 8.88. The Morgan fingerprint density at radius 3 is 1.95 bits per heavy atom. The first-order valence-corrected chi connectivity index (χ1v) is 13.4. The van der Waals surface area contributed by atoms with Gasteiger partial charge < -0.3 is 10.1 Å². The van der Waals surface area contributed by atoms with Gasteiger partial charge in [0.2, 0.25) is 0 Å². The highest BCUT2D eigenvalue weighted by Crippen LogP contribution is 2.22. The lowest BCUT2D eigenvalue weighted by Gasteiger charge is -2.14. The van der Waals surface area contributed by atoms with Crippen molar-refractivity contribution < 1.29 is 4.74 Å². The zero-order valence-corrected chi connectivity index (χ0v) is 23.0. The monoisotopic (exact) mass is 504 g/mol. The number of aromatic nitrogens is 1. The lowest BCUT2D eigenvalue weighted by molar-refractivity contribution is 0.107. The summed E-state index contributed by atoms with van der Waals surface area (Å²) in [5.74, 6) is 0.765. The van der Waals surface area contributed by atoms with Gasteiger partial charge in [-0.3, -0.25) is 0 Å². The number of allylic oxidation sites excluding steroid dienone is 1. The molecule has 0 aliphatic carbocycles. The Balaban J connectivity index is 0.00000195. The molecule has 0 radical (unpaired) electrons. The zero-order valence-electron chi connectivity index (χ0n) is 23.0. The van der Waals surface area contributed by atoms with E-state index in [2.05, 4.69) is 84.1 Å². The predicted molar refractivity (Wildman–Crippen MR) is 163 cm³/mol. The second kappa shape index (κ2) is 15.3. The van der Waals surface area contributed by atoms with Crippen LogP contribution >= 0.6 is 0 Å². The summed E-state index contributed by atoms with van der Waals surface area (Å²) in [6, 6.07) is 31.5. The maximum absolute atomic E-state index is 6.05. The van der Waals surface area contributed by atoms with Crippen molar-refractivity contribution in [1.29, 1.82) is 0 Å². The largest absolute Gasteiger partial charge is 0.372 e. The maximum atomic E-state index is 6.05. The summed E-state index contributed by atoms with van der Waals surface area (Å²) in [7, 11) is 0. The number of benzene rings is 3. The van der Waals surface area contributed by atoms with Crippen LogP contribution in [0.25, 0.3) is 11.3 Å². The highest BCUT2D eigenvalue weighted by Gasteiger charge is 2.08. The minimum absolute atomic E-state index is 0.549. The van der Waals surface area contributed by atoms with Gasteiger partial charge in [-0.2, -0.15) is 0 Å². The number of aryl methyl sites for hydroxylation is 2. The van der Waals surface area contributed by atoms with E-state index >= 15 is 0 Å². The molecule has 3 nitrogen and oxygen atoms in total. The SMILES string of the molecule is C=C(C)c1ccc(NC(=C)c2cc(CCCc3ccccc3)cc(COCc3ccccc3)c2)nc1.CC. The van der Waals surface area contributed by atoms with Crippen LogP contribution in [-0.4, -0.2) is 4.98 Å². The fraction of sp³-hybridized carbons (Fsp3) is 0.229. The van der Waals surface area contributed by atoms with E-state index in [1.54, 1.807) is 0 Å². The number of anilines is 1. The Morgan fingerprint density at radius 1 is 0.711 bits per heavy atom. The van der Waals surface area contributed by atoms with Gasteiger partial charge >= 0.3 is 0 Å². The van der Waals surface area contributed by atoms with Crippen molar-refractivity contribution in [1.82, 2.24) is 4.98 Å². The van der Waals surface area contributed by atoms with Gasteiger partial charge in [0.1, 0.15) is 5.82 Å². The number of pyridine rings is 1. The maximum Gasteiger partial charge on any atom is 0.130 e. The van der Waals surface area contributed by atoms with E-state index in [-0.39, 0.29) is 0 Å². The number of rotatable bonds is 12. The molecule has 0 aliphatic heterocycles. The summed E-state index contributed by atoms with van der Waals surface area (Å²) in [6.45, 7) is 15.4. The smallest absolute Gasteiger partial charge is 0.130 e. The van der Waals surface area contributed by atoms with Crippen LogP contribution in [0.3, 0.4) is 0 Å². The minimum Gasteiger partial charge on any atom is -0.372 e. The quantitative estimate of drug-likeness (QED) is 0.209. The first kappa shape index (κ1) is 28.6. The van der Waals surface area contributed by atoms with Crippen LogP contribution in [0.4, 0.5) is 5.82 Å². The summed E-state index contributed by atoms with van der Waals surface area (Å²) >= 11 is 0. The third-order valence-corrected chi connectivity index (χ3v) is 6.09. The molecule has 4 aromatic rings. The molecule has 1 heterocycles. The molecular weight excluding hydrogens is 464 g/mol. The Bertz CT molecular complexity index is 1220. The number of nitrogens with zero attached hydrogens (tertiary/aromatic N) is 1. The average Bonchev–Trinajstić information content (AvgIpc) is 2.95. The van der Waals surface area contributed by atoms with Gasteiger partial charge in [-0.05, 0) is 89.4 Å². The van der Waals surface area contributed by atoms with E-state index in [1.807, 2.05) is 57.3 Å². The highest BCUT2D eigenvalue weighted by molar-refractivity contribution is 5.75. The lowest BCUT2D eigenvalue weighted by atomic mass is 9.99. The molecule has 3 heteroatoms. The number of hydrogen-bond donors (Lipinski definition) is 1.